The molecule has 0 bridgehead atoms. The molecule has 0 amide bonds. The first-order valence-electron chi connectivity index (χ1n) is 6.29. The number of fused-ring (bicyclic) bond motifs is 1. The number of rotatable bonds is 5. The first kappa shape index (κ1) is 13.4. The maximum Gasteiger partial charge on any atom is 0.126 e. The van der Waals surface area contributed by atoms with E-state index in [1.165, 1.54) is 5.52 Å². The Labute approximate surface area is 113 Å². The third-order valence-corrected chi connectivity index (χ3v) is 3.99. The van der Waals surface area contributed by atoms with E-state index in [0.29, 0.717) is 6.04 Å². The largest absolute Gasteiger partial charge is 0.330 e. The second-order valence-corrected chi connectivity index (χ2v) is 5.67. The predicted molar refractivity (Wildman–Crippen MR) is 80.1 cm³/mol. The summed E-state index contributed by atoms with van der Waals surface area (Å²) < 4.78 is 2.18. The van der Waals surface area contributed by atoms with Crippen molar-refractivity contribution in [3.05, 3.63) is 30.1 Å². The molecule has 0 radical (unpaired) electrons. The zero-order valence-corrected chi connectivity index (χ0v) is 12.3. The van der Waals surface area contributed by atoms with Crippen LogP contribution >= 0.6 is 11.8 Å². The van der Waals surface area contributed by atoms with E-state index in [1.807, 2.05) is 17.8 Å². The van der Waals surface area contributed by atoms with Crippen LogP contribution in [-0.4, -0.2) is 27.6 Å². The molecular formula is C14H21N3S. The van der Waals surface area contributed by atoms with Gasteiger partial charge in [-0.3, -0.25) is 0 Å². The summed E-state index contributed by atoms with van der Waals surface area (Å²) in [5, 5.41) is 3.59. The van der Waals surface area contributed by atoms with E-state index in [2.05, 4.69) is 55.2 Å². The third kappa shape index (κ3) is 2.70. The number of benzene rings is 1. The Morgan fingerprint density at radius 3 is 2.72 bits per heavy atom. The monoisotopic (exact) mass is 263 g/mol. The molecule has 2 rings (SSSR count). The Balaban J connectivity index is 2.22. The fraction of sp³-hybridized carbons (Fsp3) is 0.500. The Hall–Kier alpha value is -1.00. The predicted octanol–water partition coefficient (Wildman–Crippen LogP) is 2.98. The molecule has 18 heavy (non-hydrogen) atoms. The lowest BCUT2D eigenvalue weighted by atomic mass is 10.2. The van der Waals surface area contributed by atoms with Gasteiger partial charge >= 0.3 is 0 Å². The Morgan fingerprint density at radius 1 is 1.33 bits per heavy atom. The smallest absolute Gasteiger partial charge is 0.126 e. The van der Waals surface area contributed by atoms with Crippen molar-refractivity contribution < 1.29 is 0 Å². The molecule has 1 aromatic carbocycles. The van der Waals surface area contributed by atoms with Gasteiger partial charge < -0.3 is 9.88 Å². The minimum Gasteiger partial charge on any atom is -0.330 e. The van der Waals surface area contributed by atoms with Crippen molar-refractivity contribution in [3.8, 4) is 0 Å². The molecule has 2 atom stereocenters. The zero-order valence-electron chi connectivity index (χ0n) is 11.5. The molecule has 4 heteroatoms. The van der Waals surface area contributed by atoms with E-state index < -0.39 is 0 Å². The highest BCUT2D eigenvalue weighted by atomic mass is 32.2. The van der Waals surface area contributed by atoms with Crippen LogP contribution in [0.4, 0.5) is 0 Å². The summed E-state index contributed by atoms with van der Waals surface area (Å²) in [7, 11) is 2.09. The average Bonchev–Trinajstić information content (AvgIpc) is 2.68. The fourth-order valence-electron chi connectivity index (χ4n) is 2.35. The number of hydrogen-bond donors (Lipinski definition) is 1. The SMILES string of the molecule is CSCC(C)NC(C)c1nc2ccccc2n1C. The van der Waals surface area contributed by atoms with Gasteiger partial charge in [-0.15, -0.1) is 0 Å². The molecule has 1 aromatic heterocycles. The number of nitrogens with zero attached hydrogens (tertiary/aromatic N) is 2. The normalized spacial score (nSPS) is 14.9. The minimum atomic E-state index is 0.268. The number of para-hydroxylation sites is 2. The van der Waals surface area contributed by atoms with Gasteiger partial charge in [-0.25, -0.2) is 4.98 Å². The molecule has 0 saturated heterocycles. The molecule has 1 heterocycles. The van der Waals surface area contributed by atoms with Crippen LogP contribution in [0.5, 0.6) is 0 Å². The Kier molecular flexibility index (Phi) is 4.30. The van der Waals surface area contributed by atoms with E-state index in [4.69, 9.17) is 4.98 Å². The highest BCUT2D eigenvalue weighted by molar-refractivity contribution is 7.98. The second kappa shape index (κ2) is 5.76. The zero-order chi connectivity index (χ0) is 13.1. The van der Waals surface area contributed by atoms with Crippen molar-refractivity contribution in [1.29, 1.82) is 0 Å². The summed E-state index contributed by atoms with van der Waals surface area (Å²) in [4.78, 5) is 4.72. The van der Waals surface area contributed by atoms with Crippen molar-refractivity contribution in [2.24, 2.45) is 7.05 Å². The molecule has 0 aliphatic carbocycles. The van der Waals surface area contributed by atoms with Crippen LogP contribution in [-0.2, 0) is 7.05 Å². The number of aromatic nitrogens is 2. The summed E-state index contributed by atoms with van der Waals surface area (Å²) in [6.07, 6.45) is 2.14. The van der Waals surface area contributed by atoms with Gasteiger partial charge in [-0.2, -0.15) is 11.8 Å². The van der Waals surface area contributed by atoms with Gasteiger partial charge in [0, 0.05) is 18.8 Å². The van der Waals surface area contributed by atoms with Crippen LogP contribution in [0.3, 0.4) is 0 Å². The maximum absolute atomic E-state index is 4.72. The van der Waals surface area contributed by atoms with Gasteiger partial charge in [-0.1, -0.05) is 12.1 Å². The van der Waals surface area contributed by atoms with Gasteiger partial charge in [0.05, 0.1) is 17.1 Å². The molecule has 98 valence electrons. The van der Waals surface area contributed by atoms with Gasteiger partial charge in [0.1, 0.15) is 5.82 Å². The summed E-state index contributed by atoms with van der Waals surface area (Å²) >= 11 is 1.87. The number of hydrogen-bond acceptors (Lipinski definition) is 3. The summed E-state index contributed by atoms with van der Waals surface area (Å²) in [5.41, 5.74) is 2.26. The lowest BCUT2D eigenvalue weighted by Gasteiger charge is -2.19. The lowest BCUT2D eigenvalue weighted by molar-refractivity contribution is 0.483. The molecule has 0 aliphatic heterocycles. The summed E-state index contributed by atoms with van der Waals surface area (Å²) in [5.74, 6) is 2.22. The topological polar surface area (TPSA) is 29.9 Å². The molecule has 0 fully saturated rings. The number of nitrogens with one attached hydrogen (secondary N) is 1. The minimum absolute atomic E-state index is 0.268. The Morgan fingerprint density at radius 2 is 2.06 bits per heavy atom. The number of imidazole rings is 1. The van der Waals surface area contributed by atoms with Crippen molar-refractivity contribution in [2.75, 3.05) is 12.0 Å². The molecule has 0 spiro atoms. The van der Waals surface area contributed by atoms with Crippen LogP contribution in [0.15, 0.2) is 24.3 Å². The molecule has 0 saturated carbocycles. The van der Waals surface area contributed by atoms with Crippen molar-refractivity contribution >= 4 is 22.8 Å². The standard InChI is InChI=1S/C14H21N3S/c1-10(9-18-4)15-11(2)14-16-12-7-5-6-8-13(12)17(14)3/h5-8,10-11,15H,9H2,1-4H3. The molecular weight excluding hydrogens is 242 g/mol. The first-order valence-corrected chi connectivity index (χ1v) is 7.69. The highest BCUT2D eigenvalue weighted by Crippen LogP contribution is 2.19. The van der Waals surface area contributed by atoms with E-state index in [0.717, 1.165) is 17.1 Å². The lowest BCUT2D eigenvalue weighted by Crippen LogP contribution is -2.32. The van der Waals surface area contributed by atoms with Crippen LogP contribution in [0.1, 0.15) is 25.7 Å². The van der Waals surface area contributed by atoms with Gasteiger partial charge in [0.15, 0.2) is 0 Å². The van der Waals surface area contributed by atoms with Crippen LogP contribution in [0.25, 0.3) is 11.0 Å². The quantitative estimate of drug-likeness (QED) is 0.899. The average molecular weight is 263 g/mol. The van der Waals surface area contributed by atoms with E-state index in [9.17, 15) is 0 Å². The van der Waals surface area contributed by atoms with Crippen molar-refractivity contribution in [1.82, 2.24) is 14.9 Å². The van der Waals surface area contributed by atoms with E-state index in [1.54, 1.807) is 0 Å². The Bertz CT molecular complexity index is 521. The van der Waals surface area contributed by atoms with Gasteiger partial charge in [-0.05, 0) is 32.2 Å². The van der Waals surface area contributed by atoms with E-state index >= 15 is 0 Å². The van der Waals surface area contributed by atoms with Crippen LogP contribution in [0.2, 0.25) is 0 Å². The number of aryl methyl sites for hydroxylation is 1. The fourth-order valence-corrected chi connectivity index (χ4v) is 2.95. The molecule has 2 unspecified atom stereocenters. The van der Waals surface area contributed by atoms with Crippen LogP contribution < -0.4 is 5.32 Å². The summed E-state index contributed by atoms with van der Waals surface area (Å²) in [6, 6.07) is 9.04. The highest BCUT2D eigenvalue weighted by Gasteiger charge is 2.15. The van der Waals surface area contributed by atoms with Crippen molar-refractivity contribution in [3.63, 3.8) is 0 Å². The molecule has 2 aromatic rings. The third-order valence-electron chi connectivity index (χ3n) is 3.16. The summed E-state index contributed by atoms with van der Waals surface area (Å²) in [6.45, 7) is 4.40. The maximum atomic E-state index is 4.72. The second-order valence-electron chi connectivity index (χ2n) is 4.76. The van der Waals surface area contributed by atoms with Gasteiger partial charge in [0.25, 0.3) is 0 Å². The van der Waals surface area contributed by atoms with Gasteiger partial charge in [0.2, 0.25) is 0 Å². The first-order chi connectivity index (χ1) is 8.63. The van der Waals surface area contributed by atoms with Crippen LogP contribution in [0, 0.1) is 0 Å². The van der Waals surface area contributed by atoms with Crippen molar-refractivity contribution in [2.45, 2.75) is 25.9 Å². The van der Waals surface area contributed by atoms with E-state index in [-0.39, 0.29) is 6.04 Å². The number of thioether (sulfide) groups is 1. The molecule has 3 nitrogen and oxygen atoms in total. The molecule has 0 aliphatic rings. The molecule has 1 N–H and O–H groups in total.